The highest BCUT2D eigenvalue weighted by molar-refractivity contribution is 5.90. The summed E-state index contributed by atoms with van der Waals surface area (Å²) in [5.74, 6) is 5.01. The number of carbonyl (C=O) groups excluding carboxylic acids is 1. The molecule has 0 amide bonds. The molecule has 0 saturated carbocycles. The average molecular weight is 303 g/mol. The van der Waals surface area contributed by atoms with Gasteiger partial charge < -0.3 is 4.74 Å². The second kappa shape index (κ2) is 8.41. The Morgan fingerprint density at radius 2 is 1.70 bits per heavy atom. The minimum Gasteiger partial charge on any atom is -0.417 e. The van der Waals surface area contributed by atoms with Gasteiger partial charge in [0.1, 0.15) is 5.75 Å². The molecule has 3 nitrogen and oxygen atoms in total. The first kappa shape index (κ1) is 16.3. The molecule has 2 aromatic rings. The van der Waals surface area contributed by atoms with Gasteiger partial charge in [-0.2, -0.15) is 5.26 Å². The van der Waals surface area contributed by atoms with E-state index in [4.69, 9.17) is 10.00 Å². The molecule has 3 heteroatoms. The van der Waals surface area contributed by atoms with Gasteiger partial charge in [-0.15, -0.1) is 0 Å². The van der Waals surface area contributed by atoms with Gasteiger partial charge in [-0.3, -0.25) is 0 Å². The zero-order valence-corrected chi connectivity index (χ0v) is 13.0. The van der Waals surface area contributed by atoms with Gasteiger partial charge in [0, 0.05) is 11.5 Å². The minimum absolute atomic E-state index is 0.373. The summed E-state index contributed by atoms with van der Waals surface area (Å²) in [7, 11) is 0. The first-order valence-electron chi connectivity index (χ1n) is 7.54. The molecule has 0 radical (unpaired) electrons. The molecule has 0 saturated heterocycles. The van der Waals surface area contributed by atoms with E-state index in [1.54, 1.807) is 24.3 Å². The molecule has 2 rings (SSSR count). The number of unbranched alkanes of at least 4 members (excludes halogenated alkanes) is 1. The Morgan fingerprint density at radius 1 is 1.04 bits per heavy atom. The third-order valence-corrected chi connectivity index (χ3v) is 3.28. The van der Waals surface area contributed by atoms with Crippen LogP contribution in [-0.2, 0) is 11.2 Å². The molecule has 0 atom stereocenters. The Balaban J connectivity index is 1.94. The second-order valence-electron chi connectivity index (χ2n) is 5.08. The van der Waals surface area contributed by atoms with Crippen molar-refractivity contribution in [3.05, 3.63) is 65.2 Å². The lowest BCUT2D eigenvalue weighted by atomic mass is 10.1. The van der Waals surface area contributed by atoms with E-state index < -0.39 is 5.97 Å². The first-order valence-corrected chi connectivity index (χ1v) is 7.54. The maximum atomic E-state index is 11.7. The van der Waals surface area contributed by atoms with Crippen LogP contribution in [0.5, 0.6) is 5.75 Å². The third kappa shape index (κ3) is 5.34. The summed E-state index contributed by atoms with van der Waals surface area (Å²) in [6.07, 6.45) is 3.40. The highest BCUT2D eigenvalue weighted by Gasteiger charge is 2.01. The van der Waals surface area contributed by atoms with E-state index in [0.717, 1.165) is 12.0 Å². The molecule has 0 aromatic heterocycles. The Kier molecular flexibility index (Phi) is 5.98. The summed E-state index contributed by atoms with van der Waals surface area (Å²) < 4.78 is 5.09. The maximum Gasteiger partial charge on any atom is 0.390 e. The number of nitriles is 1. The van der Waals surface area contributed by atoms with Crippen LogP contribution in [0.15, 0.2) is 48.5 Å². The Bertz CT molecular complexity index is 757. The van der Waals surface area contributed by atoms with Crippen LogP contribution in [0.3, 0.4) is 0 Å². The van der Waals surface area contributed by atoms with E-state index in [-0.39, 0.29) is 0 Å². The number of carbonyl (C=O) groups is 1. The van der Waals surface area contributed by atoms with Crippen LogP contribution in [0.2, 0.25) is 0 Å². The fourth-order valence-corrected chi connectivity index (χ4v) is 1.99. The van der Waals surface area contributed by atoms with Gasteiger partial charge in [-0.1, -0.05) is 31.4 Å². The summed E-state index contributed by atoms with van der Waals surface area (Å²) in [5.41, 5.74) is 2.57. The SMILES string of the molecule is CCCCc1ccc(C#CC(=O)Oc2ccc(C#N)cc2)cc1. The molecule has 114 valence electrons. The van der Waals surface area contributed by atoms with Crippen molar-refractivity contribution < 1.29 is 9.53 Å². The predicted octanol–water partition coefficient (Wildman–Crippen LogP) is 3.86. The van der Waals surface area contributed by atoms with Gasteiger partial charge in [0.15, 0.2) is 0 Å². The van der Waals surface area contributed by atoms with Crippen LogP contribution >= 0.6 is 0 Å². The van der Waals surface area contributed by atoms with Gasteiger partial charge in [0.2, 0.25) is 0 Å². The summed E-state index contributed by atoms with van der Waals surface area (Å²) in [4.78, 5) is 11.7. The number of hydrogen-bond acceptors (Lipinski definition) is 3. The normalized spacial score (nSPS) is 9.39. The number of esters is 1. The van der Waals surface area contributed by atoms with Gasteiger partial charge in [0.05, 0.1) is 11.6 Å². The van der Waals surface area contributed by atoms with Gasteiger partial charge in [-0.25, -0.2) is 4.79 Å². The quantitative estimate of drug-likeness (QED) is 0.489. The van der Waals surface area contributed by atoms with E-state index in [2.05, 4.69) is 18.8 Å². The third-order valence-electron chi connectivity index (χ3n) is 3.28. The van der Waals surface area contributed by atoms with E-state index in [9.17, 15) is 4.79 Å². The average Bonchev–Trinajstić information content (AvgIpc) is 2.59. The van der Waals surface area contributed by atoms with Gasteiger partial charge in [-0.05, 0) is 54.8 Å². The fourth-order valence-electron chi connectivity index (χ4n) is 1.99. The molecule has 0 aliphatic rings. The summed E-state index contributed by atoms with van der Waals surface area (Å²) in [6.45, 7) is 2.17. The number of benzene rings is 2. The Labute approximate surface area is 136 Å². The van der Waals surface area contributed by atoms with Crippen molar-refractivity contribution in [1.29, 1.82) is 5.26 Å². The Morgan fingerprint density at radius 3 is 2.30 bits per heavy atom. The van der Waals surface area contributed by atoms with Crippen LogP contribution < -0.4 is 4.74 Å². The van der Waals surface area contributed by atoms with Crippen molar-refractivity contribution in [2.24, 2.45) is 0 Å². The molecule has 0 fully saturated rings. The lowest BCUT2D eigenvalue weighted by Crippen LogP contribution is -2.04. The summed E-state index contributed by atoms with van der Waals surface area (Å²) in [5, 5.41) is 8.71. The summed E-state index contributed by atoms with van der Waals surface area (Å²) in [6, 6.07) is 16.2. The number of hydrogen-bond donors (Lipinski definition) is 0. The van der Waals surface area contributed by atoms with Crippen molar-refractivity contribution in [3.63, 3.8) is 0 Å². The molecule has 0 spiro atoms. The number of rotatable bonds is 4. The molecular formula is C20H17NO2. The highest BCUT2D eigenvalue weighted by atomic mass is 16.5. The number of nitrogens with zero attached hydrogens (tertiary/aromatic N) is 1. The molecule has 23 heavy (non-hydrogen) atoms. The smallest absolute Gasteiger partial charge is 0.390 e. The fraction of sp³-hybridized carbons (Fsp3) is 0.200. The van der Waals surface area contributed by atoms with Crippen molar-refractivity contribution >= 4 is 5.97 Å². The van der Waals surface area contributed by atoms with Crippen molar-refractivity contribution in [2.75, 3.05) is 0 Å². The Hall–Kier alpha value is -3.04. The minimum atomic E-state index is -0.621. The monoisotopic (exact) mass is 303 g/mol. The predicted molar refractivity (Wildman–Crippen MR) is 88.7 cm³/mol. The molecule has 0 heterocycles. The van der Waals surface area contributed by atoms with Crippen LogP contribution in [0.4, 0.5) is 0 Å². The zero-order chi connectivity index (χ0) is 16.5. The van der Waals surface area contributed by atoms with Gasteiger partial charge >= 0.3 is 5.97 Å². The van der Waals surface area contributed by atoms with Crippen LogP contribution in [-0.4, -0.2) is 5.97 Å². The van der Waals surface area contributed by atoms with E-state index >= 15 is 0 Å². The molecule has 0 aliphatic heterocycles. The van der Waals surface area contributed by atoms with Crippen LogP contribution in [0, 0.1) is 23.2 Å². The standard InChI is InChI=1S/C20H17NO2/c1-2-3-4-16-5-7-17(8-6-16)11-14-20(22)23-19-12-9-18(15-21)10-13-19/h5-10,12-13H,2-4H2,1H3. The molecule has 0 unspecified atom stereocenters. The highest BCUT2D eigenvalue weighted by Crippen LogP contribution is 2.11. The molecule has 2 aromatic carbocycles. The lowest BCUT2D eigenvalue weighted by molar-refractivity contribution is -0.128. The molecule has 0 N–H and O–H groups in total. The van der Waals surface area contributed by atoms with Crippen molar-refractivity contribution in [1.82, 2.24) is 0 Å². The van der Waals surface area contributed by atoms with Crippen molar-refractivity contribution in [2.45, 2.75) is 26.2 Å². The topological polar surface area (TPSA) is 50.1 Å². The number of ether oxygens (including phenoxy) is 1. The largest absolute Gasteiger partial charge is 0.417 e. The van der Waals surface area contributed by atoms with Crippen LogP contribution in [0.1, 0.15) is 36.5 Å². The van der Waals surface area contributed by atoms with Gasteiger partial charge in [0.25, 0.3) is 0 Å². The second-order valence-corrected chi connectivity index (χ2v) is 5.08. The maximum absolute atomic E-state index is 11.7. The number of aryl methyl sites for hydroxylation is 1. The lowest BCUT2D eigenvalue weighted by Gasteiger charge is -2.00. The van der Waals surface area contributed by atoms with Crippen molar-refractivity contribution in [3.8, 4) is 23.7 Å². The van der Waals surface area contributed by atoms with E-state index in [0.29, 0.717) is 11.3 Å². The molecular weight excluding hydrogens is 286 g/mol. The summed E-state index contributed by atoms with van der Waals surface area (Å²) >= 11 is 0. The molecule has 0 bridgehead atoms. The van der Waals surface area contributed by atoms with Crippen LogP contribution in [0.25, 0.3) is 0 Å². The molecule has 0 aliphatic carbocycles. The zero-order valence-electron chi connectivity index (χ0n) is 13.0. The van der Waals surface area contributed by atoms with E-state index in [1.165, 1.54) is 18.4 Å². The first-order chi connectivity index (χ1) is 11.2. The van der Waals surface area contributed by atoms with E-state index in [1.807, 2.05) is 30.3 Å².